The van der Waals surface area contributed by atoms with Gasteiger partial charge in [-0.3, -0.25) is 5.32 Å². The molecule has 0 aliphatic heterocycles. The summed E-state index contributed by atoms with van der Waals surface area (Å²) < 4.78 is 0. The summed E-state index contributed by atoms with van der Waals surface area (Å²) in [5.74, 6) is 0. The average Bonchev–Trinajstić information content (AvgIpc) is 2.28. The highest BCUT2D eigenvalue weighted by molar-refractivity contribution is 5.03. The number of rotatable bonds is 8. The number of nitriles is 1. The van der Waals surface area contributed by atoms with Gasteiger partial charge in [0.25, 0.3) is 0 Å². The van der Waals surface area contributed by atoms with Crippen molar-refractivity contribution in [2.45, 2.75) is 58.5 Å². The van der Waals surface area contributed by atoms with Crippen LogP contribution < -0.4 is 5.32 Å². The normalized spacial score (nSPS) is 15.1. The number of nitrogens with one attached hydrogen (secondary N) is 1. The van der Waals surface area contributed by atoms with Crippen molar-refractivity contribution in [3.63, 3.8) is 0 Å². The molecule has 0 aromatic heterocycles. The van der Waals surface area contributed by atoms with E-state index in [9.17, 15) is 0 Å². The van der Waals surface area contributed by atoms with Gasteiger partial charge in [0.15, 0.2) is 0 Å². The third kappa shape index (κ3) is 4.96. The van der Waals surface area contributed by atoms with E-state index in [0.29, 0.717) is 6.04 Å². The highest BCUT2D eigenvalue weighted by Gasteiger charge is 2.23. The first-order valence-corrected chi connectivity index (χ1v) is 6.39. The molecule has 0 aliphatic rings. The first kappa shape index (κ1) is 15.4. The molecule has 0 aromatic rings. The summed E-state index contributed by atoms with van der Waals surface area (Å²) in [5, 5.41) is 12.4. The largest absolute Gasteiger partial charge is 0.303 e. The molecule has 1 unspecified atom stereocenters. The summed E-state index contributed by atoms with van der Waals surface area (Å²) >= 11 is 0. The molecule has 16 heavy (non-hydrogen) atoms. The van der Waals surface area contributed by atoms with Gasteiger partial charge in [-0.25, -0.2) is 0 Å². The Hall–Kier alpha value is -0.590. The molecule has 0 amide bonds. The average molecular weight is 225 g/mol. The SMILES string of the molecule is CCNC(C)(C#N)CCN(C)C(CC)CC. The molecular formula is C13H27N3. The molecule has 0 bridgehead atoms. The summed E-state index contributed by atoms with van der Waals surface area (Å²) in [7, 11) is 2.15. The highest BCUT2D eigenvalue weighted by atomic mass is 15.1. The predicted octanol–water partition coefficient (Wildman–Crippen LogP) is 2.39. The molecule has 0 rings (SSSR count). The molecular weight excluding hydrogens is 198 g/mol. The van der Waals surface area contributed by atoms with Crippen LogP contribution in [0.4, 0.5) is 0 Å². The van der Waals surface area contributed by atoms with E-state index >= 15 is 0 Å². The lowest BCUT2D eigenvalue weighted by Gasteiger charge is -2.30. The van der Waals surface area contributed by atoms with Gasteiger partial charge in [0.1, 0.15) is 5.54 Å². The lowest BCUT2D eigenvalue weighted by Crippen LogP contribution is -2.44. The summed E-state index contributed by atoms with van der Waals surface area (Å²) in [6.45, 7) is 10.3. The molecule has 0 radical (unpaired) electrons. The Morgan fingerprint density at radius 2 is 1.88 bits per heavy atom. The van der Waals surface area contributed by atoms with Crippen LogP contribution in [-0.4, -0.2) is 36.6 Å². The summed E-state index contributed by atoms with van der Waals surface area (Å²) in [6, 6.07) is 3.02. The Labute approximate surface area is 101 Å². The van der Waals surface area contributed by atoms with Gasteiger partial charge in [0.2, 0.25) is 0 Å². The van der Waals surface area contributed by atoms with Gasteiger partial charge < -0.3 is 4.90 Å². The van der Waals surface area contributed by atoms with Gasteiger partial charge in [0, 0.05) is 12.6 Å². The summed E-state index contributed by atoms with van der Waals surface area (Å²) in [6.07, 6.45) is 3.24. The first-order chi connectivity index (χ1) is 7.52. The van der Waals surface area contributed by atoms with Crippen molar-refractivity contribution >= 4 is 0 Å². The van der Waals surface area contributed by atoms with Gasteiger partial charge in [0.05, 0.1) is 6.07 Å². The fourth-order valence-corrected chi connectivity index (χ4v) is 2.07. The number of hydrogen-bond acceptors (Lipinski definition) is 3. The maximum Gasteiger partial charge on any atom is 0.105 e. The van der Waals surface area contributed by atoms with Crippen molar-refractivity contribution in [1.29, 1.82) is 5.26 Å². The molecule has 1 atom stereocenters. The Balaban J connectivity index is 4.16. The minimum Gasteiger partial charge on any atom is -0.303 e. The molecule has 0 fully saturated rings. The van der Waals surface area contributed by atoms with E-state index in [4.69, 9.17) is 5.26 Å². The van der Waals surface area contributed by atoms with E-state index in [-0.39, 0.29) is 5.54 Å². The minimum atomic E-state index is -0.380. The lowest BCUT2D eigenvalue weighted by atomic mass is 9.99. The van der Waals surface area contributed by atoms with Crippen LogP contribution in [0.3, 0.4) is 0 Å². The fraction of sp³-hybridized carbons (Fsp3) is 0.923. The molecule has 0 spiro atoms. The van der Waals surface area contributed by atoms with E-state index in [1.165, 1.54) is 12.8 Å². The van der Waals surface area contributed by atoms with Crippen LogP contribution in [0.2, 0.25) is 0 Å². The summed E-state index contributed by atoms with van der Waals surface area (Å²) in [4.78, 5) is 2.37. The Morgan fingerprint density at radius 3 is 2.25 bits per heavy atom. The molecule has 0 heterocycles. The molecule has 1 N–H and O–H groups in total. The molecule has 3 nitrogen and oxygen atoms in total. The van der Waals surface area contributed by atoms with Gasteiger partial charge in [-0.05, 0) is 39.8 Å². The van der Waals surface area contributed by atoms with Crippen LogP contribution in [-0.2, 0) is 0 Å². The van der Waals surface area contributed by atoms with Crippen LogP contribution in [0.25, 0.3) is 0 Å². The van der Waals surface area contributed by atoms with E-state index in [2.05, 4.69) is 37.2 Å². The minimum absolute atomic E-state index is 0.380. The highest BCUT2D eigenvalue weighted by Crippen LogP contribution is 2.12. The molecule has 3 heteroatoms. The second kappa shape index (κ2) is 7.65. The van der Waals surface area contributed by atoms with E-state index in [1.807, 2.05) is 13.8 Å². The van der Waals surface area contributed by atoms with Crippen molar-refractivity contribution in [3.05, 3.63) is 0 Å². The van der Waals surface area contributed by atoms with Crippen molar-refractivity contribution in [2.75, 3.05) is 20.1 Å². The third-order valence-electron chi connectivity index (χ3n) is 3.34. The second-order valence-corrected chi connectivity index (χ2v) is 4.68. The molecule has 0 aromatic carbocycles. The zero-order valence-electron chi connectivity index (χ0n) is 11.5. The zero-order valence-corrected chi connectivity index (χ0v) is 11.5. The van der Waals surface area contributed by atoms with Gasteiger partial charge in [-0.15, -0.1) is 0 Å². The molecule has 0 saturated carbocycles. The number of nitrogens with zero attached hydrogens (tertiary/aromatic N) is 2. The quantitative estimate of drug-likeness (QED) is 0.689. The smallest absolute Gasteiger partial charge is 0.105 e. The van der Waals surface area contributed by atoms with Crippen molar-refractivity contribution in [3.8, 4) is 6.07 Å². The van der Waals surface area contributed by atoms with Gasteiger partial charge in [-0.1, -0.05) is 20.8 Å². The van der Waals surface area contributed by atoms with E-state index < -0.39 is 0 Å². The molecule has 0 aliphatic carbocycles. The van der Waals surface area contributed by atoms with Crippen molar-refractivity contribution in [1.82, 2.24) is 10.2 Å². The van der Waals surface area contributed by atoms with Gasteiger partial charge >= 0.3 is 0 Å². The fourth-order valence-electron chi connectivity index (χ4n) is 2.07. The zero-order chi connectivity index (χ0) is 12.6. The number of hydrogen-bond donors (Lipinski definition) is 1. The molecule has 94 valence electrons. The van der Waals surface area contributed by atoms with Crippen molar-refractivity contribution in [2.24, 2.45) is 0 Å². The summed E-state index contributed by atoms with van der Waals surface area (Å²) in [5.41, 5.74) is -0.380. The standard InChI is InChI=1S/C13H27N3/c1-6-12(7-2)16(5)10-9-13(4,11-14)15-8-3/h12,15H,6-10H2,1-5H3. The van der Waals surface area contributed by atoms with Gasteiger partial charge in [-0.2, -0.15) is 5.26 Å². The Morgan fingerprint density at radius 1 is 1.31 bits per heavy atom. The van der Waals surface area contributed by atoms with Crippen molar-refractivity contribution < 1.29 is 0 Å². The maximum absolute atomic E-state index is 9.15. The first-order valence-electron chi connectivity index (χ1n) is 6.39. The Bertz CT molecular complexity index is 218. The topological polar surface area (TPSA) is 39.1 Å². The van der Waals surface area contributed by atoms with Crippen LogP contribution in [0.15, 0.2) is 0 Å². The van der Waals surface area contributed by atoms with Crippen LogP contribution in [0.1, 0.15) is 47.0 Å². The second-order valence-electron chi connectivity index (χ2n) is 4.68. The van der Waals surface area contributed by atoms with Crippen LogP contribution in [0, 0.1) is 11.3 Å². The van der Waals surface area contributed by atoms with E-state index in [0.717, 1.165) is 19.5 Å². The maximum atomic E-state index is 9.15. The van der Waals surface area contributed by atoms with Crippen LogP contribution >= 0.6 is 0 Å². The monoisotopic (exact) mass is 225 g/mol. The lowest BCUT2D eigenvalue weighted by molar-refractivity contribution is 0.210. The van der Waals surface area contributed by atoms with Crippen LogP contribution in [0.5, 0.6) is 0 Å². The van der Waals surface area contributed by atoms with E-state index in [1.54, 1.807) is 0 Å². The predicted molar refractivity (Wildman–Crippen MR) is 69.3 cm³/mol. The Kier molecular flexibility index (Phi) is 7.36. The third-order valence-corrected chi connectivity index (χ3v) is 3.34. The molecule has 0 saturated heterocycles.